The molecule has 1 amide bonds. The Morgan fingerprint density at radius 1 is 0.905 bits per heavy atom. The Bertz CT molecular complexity index is 1740. The molecular formula is C31H40N4O5S2. The number of amides is 1. The molecule has 4 aromatic rings. The van der Waals surface area contributed by atoms with Crippen LogP contribution >= 0.6 is 0 Å². The predicted octanol–water partition coefficient (Wildman–Crippen LogP) is 4.48. The van der Waals surface area contributed by atoms with Crippen LogP contribution < -0.4 is 5.32 Å². The molecule has 2 aromatic carbocycles. The van der Waals surface area contributed by atoms with E-state index in [2.05, 4.69) is 27.9 Å². The van der Waals surface area contributed by atoms with Crippen molar-refractivity contribution < 1.29 is 21.6 Å². The van der Waals surface area contributed by atoms with E-state index in [1.165, 1.54) is 18.4 Å². The highest BCUT2D eigenvalue weighted by Crippen LogP contribution is 2.25. The van der Waals surface area contributed by atoms with Gasteiger partial charge in [0.05, 0.1) is 16.1 Å². The summed E-state index contributed by atoms with van der Waals surface area (Å²) < 4.78 is 47.5. The Hall–Kier alpha value is -3.57. The lowest BCUT2D eigenvalue weighted by molar-refractivity contribution is -0.118. The van der Waals surface area contributed by atoms with Crippen molar-refractivity contribution in [3.63, 3.8) is 0 Å². The highest BCUT2D eigenvalue weighted by atomic mass is 32.2. The minimum absolute atomic E-state index is 0.161. The van der Waals surface area contributed by atoms with Crippen molar-refractivity contribution in [2.24, 2.45) is 0 Å². The fraction of sp³-hybridized carbons (Fsp3) is 0.387. The molecule has 0 aliphatic heterocycles. The van der Waals surface area contributed by atoms with E-state index < -0.39 is 31.3 Å². The van der Waals surface area contributed by atoms with Gasteiger partial charge in [-0.25, -0.2) is 21.8 Å². The number of rotatable bonds is 10. The number of carbonyl (C=O) groups is 1. The van der Waals surface area contributed by atoms with Crippen molar-refractivity contribution in [2.45, 2.75) is 58.8 Å². The van der Waals surface area contributed by atoms with Crippen LogP contribution in [0.15, 0.2) is 59.5 Å². The minimum atomic E-state index is -3.66. The maximum Gasteiger partial charge on any atom is 0.235 e. The third-order valence-electron chi connectivity index (χ3n) is 6.54. The van der Waals surface area contributed by atoms with Gasteiger partial charge in [0.15, 0.2) is 9.84 Å². The number of nitrogens with zero attached hydrogens (tertiary/aromatic N) is 3. The van der Waals surface area contributed by atoms with Crippen molar-refractivity contribution in [1.82, 2.24) is 19.9 Å². The standard InChI is InChI=1S/C27H30N4O3S.C4H10O2S/c1-5-25-30-27-20(4)29-19(3)16-24(27)31(25)22-10-8-21(9-11-22)14-15-28-26(32)17-35(33,34)23-12-6-18(2)7-13-23;1-3-4-7(2,5)6/h6-13,16H,5,14-15,17H2,1-4H3,(H,28,32);3-4H2,1-2H3. The summed E-state index contributed by atoms with van der Waals surface area (Å²) in [4.78, 5) is 21.7. The molecule has 1 N–H and O–H groups in total. The van der Waals surface area contributed by atoms with Crippen LogP contribution in [0, 0.1) is 20.8 Å². The third kappa shape index (κ3) is 8.96. The van der Waals surface area contributed by atoms with E-state index >= 15 is 0 Å². The Morgan fingerprint density at radius 3 is 2.10 bits per heavy atom. The molecule has 0 aliphatic rings. The Kier molecular flexibility index (Phi) is 11.0. The van der Waals surface area contributed by atoms with Crippen LogP contribution in [0.25, 0.3) is 16.7 Å². The first kappa shape index (κ1) is 32.9. The van der Waals surface area contributed by atoms with Gasteiger partial charge in [0.1, 0.15) is 26.9 Å². The SMILES string of the molecule is CCCS(C)(=O)=O.CCc1nc2c(C)nc(C)cc2n1-c1ccc(CCNC(=O)CS(=O)(=O)c2ccc(C)cc2)cc1. The Labute approximate surface area is 249 Å². The van der Waals surface area contributed by atoms with Crippen LogP contribution in [0.5, 0.6) is 0 Å². The van der Waals surface area contributed by atoms with Crippen LogP contribution in [-0.2, 0) is 37.3 Å². The van der Waals surface area contributed by atoms with Crippen LogP contribution in [0.4, 0.5) is 0 Å². The number of carbonyl (C=O) groups excluding carboxylic acids is 1. The van der Waals surface area contributed by atoms with Crippen LogP contribution in [0.3, 0.4) is 0 Å². The van der Waals surface area contributed by atoms with Crippen molar-refractivity contribution in [1.29, 1.82) is 0 Å². The number of hydrogen-bond donors (Lipinski definition) is 1. The number of aryl methyl sites for hydroxylation is 4. The van der Waals surface area contributed by atoms with Gasteiger partial charge in [-0.1, -0.05) is 43.7 Å². The van der Waals surface area contributed by atoms with Crippen molar-refractivity contribution in [3.05, 3.63) is 82.9 Å². The summed E-state index contributed by atoms with van der Waals surface area (Å²) in [6.45, 7) is 10.1. The maximum atomic E-state index is 12.5. The summed E-state index contributed by atoms with van der Waals surface area (Å²) in [5, 5.41) is 2.73. The van der Waals surface area contributed by atoms with E-state index in [0.717, 1.165) is 57.9 Å². The highest BCUT2D eigenvalue weighted by Gasteiger charge is 2.19. The van der Waals surface area contributed by atoms with Gasteiger partial charge in [-0.3, -0.25) is 14.3 Å². The molecule has 0 bridgehead atoms. The second-order valence-corrected chi connectivity index (χ2v) is 14.7. The van der Waals surface area contributed by atoms with Gasteiger partial charge < -0.3 is 5.32 Å². The monoisotopic (exact) mass is 612 g/mol. The molecule has 11 heteroatoms. The average molecular weight is 613 g/mol. The van der Waals surface area contributed by atoms with Gasteiger partial charge in [-0.2, -0.15) is 0 Å². The van der Waals surface area contributed by atoms with Gasteiger partial charge in [-0.05, 0) is 69.5 Å². The molecule has 0 atom stereocenters. The quantitative estimate of drug-likeness (QED) is 0.280. The molecule has 0 unspecified atom stereocenters. The van der Waals surface area contributed by atoms with Crippen molar-refractivity contribution in [3.8, 4) is 5.69 Å². The van der Waals surface area contributed by atoms with Crippen LogP contribution in [-0.4, -0.2) is 61.6 Å². The molecule has 226 valence electrons. The Morgan fingerprint density at radius 2 is 1.55 bits per heavy atom. The first-order valence-corrected chi connectivity index (χ1v) is 17.6. The van der Waals surface area contributed by atoms with Gasteiger partial charge >= 0.3 is 0 Å². The number of benzene rings is 2. The predicted molar refractivity (Wildman–Crippen MR) is 168 cm³/mol. The lowest BCUT2D eigenvalue weighted by atomic mass is 10.1. The summed E-state index contributed by atoms with van der Waals surface area (Å²) in [6.07, 6.45) is 3.37. The molecule has 2 aromatic heterocycles. The third-order valence-corrected chi connectivity index (χ3v) is 9.32. The van der Waals surface area contributed by atoms with Crippen molar-refractivity contribution >= 4 is 36.6 Å². The summed E-state index contributed by atoms with van der Waals surface area (Å²) in [5.41, 5.74) is 6.87. The largest absolute Gasteiger partial charge is 0.355 e. The average Bonchev–Trinajstić information content (AvgIpc) is 3.27. The molecule has 0 saturated heterocycles. The molecule has 0 aliphatic carbocycles. The van der Waals surface area contributed by atoms with Crippen LogP contribution in [0.1, 0.15) is 48.6 Å². The lowest BCUT2D eigenvalue weighted by Gasteiger charge is -2.11. The van der Waals surface area contributed by atoms with Gasteiger partial charge in [0.2, 0.25) is 5.91 Å². The summed E-state index contributed by atoms with van der Waals surface area (Å²) in [5.74, 6) is 0.229. The molecule has 9 nitrogen and oxygen atoms in total. The van der Waals surface area contributed by atoms with Crippen LogP contribution in [0.2, 0.25) is 0 Å². The zero-order valence-corrected chi connectivity index (χ0v) is 26.8. The van der Waals surface area contributed by atoms with E-state index in [4.69, 9.17) is 4.98 Å². The Balaban J connectivity index is 0.000000616. The first-order chi connectivity index (χ1) is 19.7. The molecule has 0 radical (unpaired) electrons. The summed E-state index contributed by atoms with van der Waals surface area (Å²) >= 11 is 0. The number of aromatic nitrogens is 3. The molecule has 2 heterocycles. The summed E-state index contributed by atoms with van der Waals surface area (Å²) in [6, 6.07) is 16.7. The minimum Gasteiger partial charge on any atom is -0.355 e. The highest BCUT2D eigenvalue weighted by molar-refractivity contribution is 7.92. The first-order valence-electron chi connectivity index (χ1n) is 13.9. The van der Waals surface area contributed by atoms with E-state index in [-0.39, 0.29) is 4.90 Å². The number of pyridine rings is 1. The van der Waals surface area contributed by atoms with E-state index in [9.17, 15) is 21.6 Å². The molecule has 0 saturated carbocycles. The topological polar surface area (TPSA) is 128 Å². The zero-order valence-electron chi connectivity index (χ0n) is 25.1. The van der Waals surface area contributed by atoms with Gasteiger partial charge in [-0.15, -0.1) is 0 Å². The molecule has 0 fully saturated rings. The van der Waals surface area contributed by atoms with E-state index in [0.29, 0.717) is 18.7 Å². The molecule has 4 rings (SSSR count). The second kappa shape index (κ2) is 14.1. The number of hydrogen-bond acceptors (Lipinski definition) is 7. The number of imidazole rings is 1. The maximum absolute atomic E-state index is 12.5. The fourth-order valence-electron chi connectivity index (χ4n) is 4.53. The number of sulfone groups is 2. The lowest BCUT2D eigenvalue weighted by Crippen LogP contribution is -2.31. The zero-order chi connectivity index (χ0) is 31.1. The fourth-order valence-corrected chi connectivity index (χ4v) is 6.44. The summed E-state index contributed by atoms with van der Waals surface area (Å²) in [7, 11) is -6.33. The number of nitrogens with one attached hydrogen (secondary N) is 1. The van der Waals surface area contributed by atoms with Gasteiger partial charge in [0.25, 0.3) is 0 Å². The smallest absolute Gasteiger partial charge is 0.235 e. The molecule has 42 heavy (non-hydrogen) atoms. The van der Waals surface area contributed by atoms with E-state index in [1.807, 2.05) is 52.0 Å². The second-order valence-electron chi connectivity index (χ2n) is 10.4. The molecular weight excluding hydrogens is 572 g/mol. The van der Waals surface area contributed by atoms with Crippen molar-refractivity contribution in [2.75, 3.05) is 24.3 Å². The van der Waals surface area contributed by atoms with Gasteiger partial charge in [0, 0.05) is 36.4 Å². The normalized spacial score (nSPS) is 11.7. The number of fused-ring (bicyclic) bond motifs is 1. The van der Waals surface area contributed by atoms with E-state index in [1.54, 1.807) is 12.1 Å². The molecule has 0 spiro atoms.